The van der Waals surface area contributed by atoms with E-state index < -0.39 is 0 Å². The number of carbonyl (C=O) groups excluding carboxylic acids is 1. The van der Waals surface area contributed by atoms with Crippen LogP contribution in [0, 0.1) is 0 Å². The highest BCUT2D eigenvalue weighted by Crippen LogP contribution is 1.88. The Balaban J connectivity index is 2.05. The maximum atomic E-state index is 10.7. The average Bonchev–Trinajstić information content (AvgIpc) is 2.64. The van der Waals surface area contributed by atoms with E-state index in [1.807, 2.05) is 10.8 Å². The van der Waals surface area contributed by atoms with E-state index in [4.69, 9.17) is 0 Å². The molecule has 2 amide bonds. The van der Waals surface area contributed by atoms with E-state index in [0.717, 1.165) is 13.0 Å². The molecule has 13 heavy (non-hydrogen) atoms. The topological polar surface area (TPSA) is 59.0 Å². The molecule has 0 aliphatic rings. The lowest BCUT2D eigenvalue weighted by Crippen LogP contribution is -2.30. The predicted molar refractivity (Wildman–Crippen MR) is 52.4 cm³/mol. The number of carbonyl (C=O) groups is 1. The summed E-state index contributed by atoms with van der Waals surface area (Å²) in [5, 5.41) is 2.63. The smallest absolute Gasteiger partial charge is 0.324 e. The van der Waals surface area contributed by atoms with Crippen LogP contribution in [0.1, 0.15) is 6.42 Å². The molecule has 0 radical (unpaired) electrons. The first kappa shape index (κ1) is 9.91. The Morgan fingerprint density at radius 2 is 2.46 bits per heavy atom. The van der Waals surface area contributed by atoms with Crippen molar-refractivity contribution in [2.75, 3.05) is 6.54 Å². The first-order valence-electron chi connectivity index (χ1n) is 3.96. The summed E-state index contributed by atoms with van der Waals surface area (Å²) in [5.74, 6) is 0. The Bertz CT molecular complexity index is 249. The zero-order valence-electron chi connectivity index (χ0n) is 7.10. The molecule has 0 aliphatic carbocycles. The summed E-state index contributed by atoms with van der Waals surface area (Å²) in [6.07, 6.45) is 6.24. The Morgan fingerprint density at radius 3 is 3.08 bits per heavy atom. The first-order valence-corrected chi connectivity index (χ1v) is 4.41. The van der Waals surface area contributed by atoms with Crippen LogP contribution in [-0.2, 0) is 6.54 Å². The number of aryl methyl sites for hydroxylation is 1. The highest BCUT2D eigenvalue weighted by Gasteiger charge is 1.94. The molecule has 0 bridgehead atoms. The van der Waals surface area contributed by atoms with Gasteiger partial charge in [0.1, 0.15) is 0 Å². The molecule has 2 N–H and O–H groups in total. The van der Waals surface area contributed by atoms with Crippen molar-refractivity contribution < 1.29 is 4.79 Å². The standard InChI is InChI=1S/C7H12N4OS/c12-7(10-13)9-2-1-4-11-5-3-8-6-11/h3,5-6,13H,1-2,4H2,(H2,9,10,12). The fourth-order valence-electron chi connectivity index (χ4n) is 0.922. The summed E-state index contributed by atoms with van der Waals surface area (Å²) in [6, 6.07) is -0.269. The minimum absolute atomic E-state index is 0.269. The fourth-order valence-corrected chi connectivity index (χ4v) is 1.00. The van der Waals surface area contributed by atoms with Gasteiger partial charge in [-0.1, -0.05) is 12.8 Å². The van der Waals surface area contributed by atoms with Crippen LogP contribution >= 0.6 is 12.8 Å². The summed E-state index contributed by atoms with van der Waals surface area (Å²) >= 11 is 3.60. The van der Waals surface area contributed by atoms with E-state index in [-0.39, 0.29) is 6.03 Å². The molecule has 1 rings (SSSR count). The van der Waals surface area contributed by atoms with E-state index in [1.54, 1.807) is 12.5 Å². The van der Waals surface area contributed by atoms with Gasteiger partial charge in [-0.25, -0.2) is 9.78 Å². The number of rotatable bonds is 4. The van der Waals surface area contributed by atoms with Gasteiger partial charge in [0, 0.05) is 25.5 Å². The van der Waals surface area contributed by atoms with Gasteiger partial charge in [-0.15, -0.1) is 0 Å². The van der Waals surface area contributed by atoms with E-state index in [9.17, 15) is 4.79 Å². The summed E-state index contributed by atoms with van der Waals surface area (Å²) in [7, 11) is 0. The molecular formula is C7H12N4OS. The van der Waals surface area contributed by atoms with E-state index in [0.29, 0.717) is 6.54 Å². The van der Waals surface area contributed by atoms with Gasteiger partial charge in [0.15, 0.2) is 0 Å². The van der Waals surface area contributed by atoms with Crippen LogP contribution < -0.4 is 10.0 Å². The normalized spacial score (nSPS) is 9.62. The summed E-state index contributed by atoms with van der Waals surface area (Å²) < 4.78 is 4.14. The van der Waals surface area contributed by atoms with Crippen molar-refractivity contribution in [3.8, 4) is 0 Å². The summed E-state index contributed by atoms with van der Waals surface area (Å²) in [5.41, 5.74) is 0. The molecule has 0 spiro atoms. The molecule has 0 fully saturated rings. The molecule has 5 nitrogen and oxygen atoms in total. The first-order chi connectivity index (χ1) is 6.33. The molecule has 6 heteroatoms. The monoisotopic (exact) mass is 200 g/mol. The van der Waals surface area contributed by atoms with Crippen LogP contribution in [0.4, 0.5) is 4.79 Å². The van der Waals surface area contributed by atoms with Gasteiger partial charge in [-0.3, -0.25) is 4.72 Å². The SMILES string of the molecule is O=C(NS)NCCCn1ccnc1. The molecule has 0 atom stereocenters. The number of urea groups is 1. The highest BCUT2D eigenvalue weighted by molar-refractivity contribution is 7.78. The third kappa shape index (κ3) is 3.84. The van der Waals surface area contributed by atoms with Crippen molar-refractivity contribution >= 4 is 18.8 Å². The van der Waals surface area contributed by atoms with E-state index >= 15 is 0 Å². The average molecular weight is 200 g/mol. The van der Waals surface area contributed by atoms with Gasteiger partial charge >= 0.3 is 6.03 Å². The van der Waals surface area contributed by atoms with Crippen molar-refractivity contribution in [1.82, 2.24) is 19.6 Å². The third-order valence-corrected chi connectivity index (χ3v) is 1.74. The second kappa shape index (κ2) is 5.47. The van der Waals surface area contributed by atoms with Crippen molar-refractivity contribution in [2.45, 2.75) is 13.0 Å². The number of aromatic nitrogens is 2. The lowest BCUT2D eigenvalue weighted by molar-refractivity contribution is 0.246. The van der Waals surface area contributed by atoms with Crippen molar-refractivity contribution in [3.05, 3.63) is 18.7 Å². The maximum Gasteiger partial charge on any atom is 0.324 e. The number of imidazole rings is 1. The van der Waals surface area contributed by atoms with Gasteiger partial charge in [-0.2, -0.15) is 0 Å². The second-order valence-corrected chi connectivity index (χ2v) is 2.75. The Kier molecular flexibility index (Phi) is 4.17. The number of nitrogens with one attached hydrogen (secondary N) is 2. The molecule has 0 unspecified atom stereocenters. The number of amides is 2. The Labute approximate surface area is 82.1 Å². The molecule has 0 saturated heterocycles. The summed E-state index contributed by atoms with van der Waals surface area (Å²) in [6.45, 7) is 1.48. The molecule has 0 aliphatic heterocycles. The van der Waals surface area contributed by atoms with Crippen LogP contribution in [0.25, 0.3) is 0 Å². The van der Waals surface area contributed by atoms with Crippen molar-refractivity contribution in [3.63, 3.8) is 0 Å². The second-order valence-electron chi connectivity index (χ2n) is 2.52. The van der Waals surface area contributed by atoms with Crippen LogP contribution in [0.15, 0.2) is 18.7 Å². The van der Waals surface area contributed by atoms with E-state index in [2.05, 4.69) is 27.8 Å². The molecule has 0 saturated carbocycles. The van der Waals surface area contributed by atoms with Crippen LogP contribution in [0.5, 0.6) is 0 Å². The number of nitrogens with zero attached hydrogens (tertiary/aromatic N) is 2. The van der Waals surface area contributed by atoms with Crippen molar-refractivity contribution in [2.24, 2.45) is 0 Å². The molecule has 1 heterocycles. The zero-order chi connectivity index (χ0) is 9.52. The lowest BCUT2D eigenvalue weighted by atomic mass is 10.4. The minimum atomic E-state index is -0.269. The molecule has 72 valence electrons. The number of hydrogen-bond acceptors (Lipinski definition) is 3. The largest absolute Gasteiger partial charge is 0.337 e. The lowest BCUT2D eigenvalue weighted by Gasteiger charge is -2.03. The predicted octanol–water partition coefficient (Wildman–Crippen LogP) is 0.417. The summed E-state index contributed by atoms with van der Waals surface area (Å²) in [4.78, 5) is 14.6. The molecule has 1 aromatic heterocycles. The van der Waals surface area contributed by atoms with E-state index in [1.165, 1.54) is 0 Å². The Morgan fingerprint density at radius 1 is 1.62 bits per heavy atom. The third-order valence-electron chi connectivity index (χ3n) is 1.54. The van der Waals surface area contributed by atoms with Gasteiger partial charge in [0.25, 0.3) is 0 Å². The van der Waals surface area contributed by atoms with Gasteiger partial charge in [-0.05, 0) is 6.42 Å². The van der Waals surface area contributed by atoms with Gasteiger partial charge in [0.2, 0.25) is 0 Å². The van der Waals surface area contributed by atoms with Crippen LogP contribution in [-0.4, -0.2) is 22.1 Å². The zero-order valence-corrected chi connectivity index (χ0v) is 8.00. The quantitative estimate of drug-likeness (QED) is 0.487. The highest BCUT2D eigenvalue weighted by atomic mass is 32.1. The fraction of sp³-hybridized carbons (Fsp3) is 0.429. The van der Waals surface area contributed by atoms with Gasteiger partial charge in [0.05, 0.1) is 6.33 Å². The van der Waals surface area contributed by atoms with Crippen LogP contribution in [0.2, 0.25) is 0 Å². The van der Waals surface area contributed by atoms with Gasteiger partial charge < -0.3 is 9.88 Å². The Hall–Kier alpha value is -1.17. The minimum Gasteiger partial charge on any atom is -0.337 e. The number of hydrogen-bond donors (Lipinski definition) is 3. The number of thiol groups is 1. The van der Waals surface area contributed by atoms with Crippen molar-refractivity contribution in [1.29, 1.82) is 0 Å². The molecule has 0 aromatic carbocycles. The van der Waals surface area contributed by atoms with Crippen LogP contribution in [0.3, 0.4) is 0 Å². The molecule has 1 aromatic rings. The maximum absolute atomic E-state index is 10.7. The molecular weight excluding hydrogens is 188 g/mol.